The normalized spacial score (nSPS) is 9.93. The lowest BCUT2D eigenvalue weighted by Crippen LogP contribution is -2.14. The van der Waals surface area contributed by atoms with E-state index < -0.39 is 5.41 Å². The number of hydrogen-bond acceptors (Lipinski definition) is 1. The summed E-state index contributed by atoms with van der Waals surface area (Å²) in [4.78, 5) is 0. The summed E-state index contributed by atoms with van der Waals surface area (Å²) in [5.74, 6) is 0. The average Bonchev–Trinajstić information content (AvgIpc) is 2.25. The molecule has 0 fully saturated rings. The second kappa shape index (κ2) is 5.92. The SMILES string of the molecule is CC.Cc1cccc(C(C)(C)C#N)c1Br. The molecule has 0 amide bonds. The molecule has 1 aromatic rings. The van der Waals surface area contributed by atoms with Crippen molar-refractivity contribution in [2.45, 2.75) is 40.0 Å². The Bertz CT molecular complexity index is 361. The Morgan fingerprint density at radius 1 is 1.27 bits per heavy atom. The predicted octanol–water partition coefficient (Wildman–Crippen LogP) is 4.58. The lowest BCUT2D eigenvalue weighted by molar-refractivity contribution is 0.682. The van der Waals surface area contributed by atoms with Crippen molar-refractivity contribution in [2.75, 3.05) is 0 Å². The molecule has 0 atom stereocenters. The standard InChI is InChI=1S/C11H12BrN.C2H6/c1-8-5-4-6-9(10(8)12)11(2,3)7-13;1-2/h4-6H,1-3H3;1-2H3. The van der Waals surface area contributed by atoms with E-state index in [1.807, 2.05) is 52.8 Å². The zero-order valence-electron chi connectivity index (χ0n) is 10.1. The van der Waals surface area contributed by atoms with Gasteiger partial charge in [0.25, 0.3) is 0 Å². The smallest absolute Gasteiger partial charge is 0.0777 e. The van der Waals surface area contributed by atoms with Crippen LogP contribution in [0.25, 0.3) is 0 Å². The number of benzene rings is 1. The van der Waals surface area contributed by atoms with Crippen LogP contribution in [-0.2, 0) is 5.41 Å². The van der Waals surface area contributed by atoms with E-state index in [0.717, 1.165) is 10.0 Å². The maximum absolute atomic E-state index is 8.99. The zero-order chi connectivity index (χ0) is 12.1. The summed E-state index contributed by atoms with van der Waals surface area (Å²) in [6, 6.07) is 8.29. The van der Waals surface area contributed by atoms with Gasteiger partial charge in [0.15, 0.2) is 0 Å². The van der Waals surface area contributed by atoms with Gasteiger partial charge in [-0.25, -0.2) is 0 Å². The van der Waals surface area contributed by atoms with Gasteiger partial charge in [-0.05, 0) is 31.9 Å². The Morgan fingerprint density at radius 2 is 1.80 bits per heavy atom. The monoisotopic (exact) mass is 267 g/mol. The molecule has 15 heavy (non-hydrogen) atoms. The number of hydrogen-bond donors (Lipinski definition) is 0. The Labute approximate surface area is 101 Å². The third-order valence-corrected chi connectivity index (χ3v) is 3.20. The highest BCUT2D eigenvalue weighted by molar-refractivity contribution is 9.10. The molecule has 0 unspecified atom stereocenters. The van der Waals surface area contributed by atoms with Crippen molar-refractivity contribution in [2.24, 2.45) is 0 Å². The van der Waals surface area contributed by atoms with E-state index >= 15 is 0 Å². The van der Waals surface area contributed by atoms with E-state index in [1.165, 1.54) is 5.56 Å². The van der Waals surface area contributed by atoms with Gasteiger partial charge in [0, 0.05) is 4.47 Å². The topological polar surface area (TPSA) is 23.8 Å². The van der Waals surface area contributed by atoms with Crippen molar-refractivity contribution in [3.63, 3.8) is 0 Å². The minimum absolute atomic E-state index is 0.426. The molecule has 0 saturated heterocycles. The Morgan fingerprint density at radius 3 is 2.27 bits per heavy atom. The van der Waals surface area contributed by atoms with E-state index in [9.17, 15) is 0 Å². The van der Waals surface area contributed by atoms with Gasteiger partial charge in [-0.3, -0.25) is 0 Å². The van der Waals surface area contributed by atoms with Gasteiger partial charge < -0.3 is 0 Å². The molecule has 82 valence electrons. The summed E-state index contributed by atoms with van der Waals surface area (Å²) < 4.78 is 1.04. The third kappa shape index (κ3) is 3.35. The van der Waals surface area contributed by atoms with Crippen molar-refractivity contribution in [1.82, 2.24) is 0 Å². The van der Waals surface area contributed by atoms with Crippen LogP contribution in [0.4, 0.5) is 0 Å². The first-order chi connectivity index (χ1) is 6.99. The zero-order valence-corrected chi connectivity index (χ0v) is 11.6. The highest BCUT2D eigenvalue weighted by Gasteiger charge is 2.22. The van der Waals surface area contributed by atoms with Gasteiger partial charge in [-0.15, -0.1) is 0 Å². The van der Waals surface area contributed by atoms with E-state index in [2.05, 4.69) is 22.0 Å². The largest absolute Gasteiger partial charge is 0.197 e. The van der Waals surface area contributed by atoms with Crippen molar-refractivity contribution in [3.8, 4) is 6.07 Å². The number of nitrogens with zero attached hydrogens (tertiary/aromatic N) is 1. The van der Waals surface area contributed by atoms with Gasteiger partial charge in [0.1, 0.15) is 0 Å². The maximum atomic E-state index is 8.99. The van der Waals surface area contributed by atoms with Gasteiger partial charge >= 0.3 is 0 Å². The fourth-order valence-corrected chi connectivity index (χ4v) is 1.95. The van der Waals surface area contributed by atoms with Crippen molar-refractivity contribution >= 4 is 15.9 Å². The van der Waals surface area contributed by atoms with Crippen LogP contribution in [-0.4, -0.2) is 0 Å². The maximum Gasteiger partial charge on any atom is 0.0777 e. The molecule has 0 aromatic heterocycles. The molecule has 0 aliphatic carbocycles. The second-order valence-electron chi connectivity index (χ2n) is 3.67. The molecule has 1 nitrogen and oxygen atoms in total. The molecular weight excluding hydrogens is 250 g/mol. The number of rotatable bonds is 1. The molecule has 1 rings (SSSR count). The quantitative estimate of drug-likeness (QED) is 0.731. The molecule has 0 heterocycles. The Balaban J connectivity index is 0.000000921. The average molecular weight is 268 g/mol. The Kier molecular flexibility index (Phi) is 5.60. The predicted molar refractivity (Wildman–Crippen MR) is 68.9 cm³/mol. The van der Waals surface area contributed by atoms with Gasteiger partial charge in [-0.2, -0.15) is 5.26 Å². The molecule has 0 aliphatic rings. The first kappa shape index (κ1) is 14.2. The van der Waals surface area contributed by atoms with Gasteiger partial charge in [-0.1, -0.05) is 48.0 Å². The van der Waals surface area contributed by atoms with E-state index in [1.54, 1.807) is 0 Å². The Hall–Kier alpha value is -0.810. The van der Waals surface area contributed by atoms with Crippen LogP contribution >= 0.6 is 15.9 Å². The molecule has 0 N–H and O–H groups in total. The van der Waals surface area contributed by atoms with Crippen LogP contribution in [0, 0.1) is 18.3 Å². The third-order valence-electron chi connectivity index (χ3n) is 2.14. The fourth-order valence-electron chi connectivity index (χ4n) is 1.19. The lowest BCUT2D eigenvalue weighted by atomic mass is 9.86. The molecule has 0 spiro atoms. The summed E-state index contributed by atoms with van der Waals surface area (Å²) in [5.41, 5.74) is 1.79. The number of halogens is 1. The minimum Gasteiger partial charge on any atom is -0.197 e. The van der Waals surface area contributed by atoms with E-state index in [4.69, 9.17) is 5.26 Å². The molecule has 0 radical (unpaired) electrons. The molecule has 0 aliphatic heterocycles. The van der Waals surface area contributed by atoms with Gasteiger partial charge in [0.2, 0.25) is 0 Å². The summed E-state index contributed by atoms with van der Waals surface area (Å²) >= 11 is 3.51. The second-order valence-corrected chi connectivity index (χ2v) is 4.47. The van der Waals surface area contributed by atoms with Crippen molar-refractivity contribution in [1.29, 1.82) is 5.26 Å². The van der Waals surface area contributed by atoms with E-state index in [0.29, 0.717) is 0 Å². The van der Waals surface area contributed by atoms with Crippen molar-refractivity contribution in [3.05, 3.63) is 33.8 Å². The molecular formula is C13H18BrN. The summed E-state index contributed by atoms with van der Waals surface area (Å²) in [6.45, 7) is 9.88. The summed E-state index contributed by atoms with van der Waals surface area (Å²) in [6.07, 6.45) is 0. The van der Waals surface area contributed by atoms with Crippen LogP contribution in [0.5, 0.6) is 0 Å². The number of aryl methyl sites for hydroxylation is 1. The first-order valence-corrected chi connectivity index (χ1v) is 5.95. The molecule has 0 saturated carbocycles. The molecule has 2 heteroatoms. The lowest BCUT2D eigenvalue weighted by Gasteiger charge is -2.18. The minimum atomic E-state index is -0.426. The van der Waals surface area contributed by atoms with Crippen LogP contribution in [0.2, 0.25) is 0 Å². The van der Waals surface area contributed by atoms with Crippen molar-refractivity contribution < 1.29 is 0 Å². The molecule has 0 bridgehead atoms. The van der Waals surface area contributed by atoms with Crippen LogP contribution < -0.4 is 0 Å². The molecule has 1 aromatic carbocycles. The highest BCUT2D eigenvalue weighted by atomic mass is 79.9. The van der Waals surface area contributed by atoms with E-state index in [-0.39, 0.29) is 0 Å². The van der Waals surface area contributed by atoms with Crippen LogP contribution in [0.3, 0.4) is 0 Å². The summed E-state index contributed by atoms with van der Waals surface area (Å²) in [5, 5.41) is 8.99. The van der Waals surface area contributed by atoms with Crippen LogP contribution in [0.15, 0.2) is 22.7 Å². The van der Waals surface area contributed by atoms with Gasteiger partial charge in [0.05, 0.1) is 11.5 Å². The summed E-state index contributed by atoms with van der Waals surface area (Å²) in [7, 11) is 0. The highest BCUT2D eigenvalue weighted by Crippen LogP contribution is 2.31. The number of nitriles is 1. The first-order valence-electron chi connectivity index (χ1n) is 5.16. The fraction of sp³-hybridized carbons (Fsp3) is 0.462. The van der Waals surface area contributed by atoms with Crippen LogP contribution in [0.1, 0.15) is 38.8 Å².